The highest BCUT2D eigenvalue weighted by atomic mass is 16.2. The van der Waals surface area contributed by atoms with Gasteiger partial charge in [-0.2, -0.15) is 0 Å². The zero-order chi connectivity index (χ0) is 17.1. The maximum Gasteiger partial charge on any atom is 0.242 e. The van der Waals surface area contributed by atoms with Gasteiger partial charge in [0.05, 0.1) is 6.54 Å². The molecule has 24 heavy (non-hydrogen) atoms. The van der Waals surface area contributed by atoms with Crippen LogP contribution in [0.5, 0.6) is 0 Å². The Morgan fingerprint density at radius 3 is 2.67 bits per heavy atom. The van der Waals surface area contributed by atoms with Crippen LogP contribution in [0, 0.1) is 13.8 Å². The van der Waals surface area contributed by atoms with Gasteiger partial charge in [0, 0.05) is 43.4 Å². The summed E-state index contributed by atoms with van der Waals surface area (Å²) >= 11 is 0. The van der Waals surface area contributed by atoms with Crippen molar-refractivity contribution in [2.24, 2.45) is 0 Å². The topological polar surface area (TPSA) is 66.4 Å². The van der Waals surface area contributed by atoms with Crippen LogP contribution in [-0.2, 0) is 9.59 Å². The average Bonchev–Trinajstić information content (AvgIpc) is 2.94. The van der Waals surface area contributed by atoms with E-state index in [9.17, 15) is 9.59 Å². The normalized spacial score (nSPS) is 21.9. The van der Waals surface area contributed by atoms with Crippen LogP contribution in [0.15, 0.2) is 6.07 Å². The molecule has 2 aliphatic rings. The highest BCUT2D eigenvalue weighted by molar-refractivity contribution is 5.85. The van der Waals surface area contributed by atoms with Crippen LogP contribution in [0.25, 0.3) is 0 Å². The van der Waals surface area contributed by atoms with Gasteiger partial charge in [0.15, 0.2) is 0 Å². The first-order valence-corrected chi connectivity index (χ1v) is 8.90. The van der Waals surface area contributed by atoms with Crippen LogP contribution < -0.4 is 0 Å². The smallest absolute Gasteiger partial charge is 0.242 e. The zero-order valence-electron chi connectivity index (χ0n) is 14.6. The molecule has 2 amide bonds. The molecule has 0 unspecified atom stereocenters. The van der Waals surface area contributed by atoms with Crippen LogP contribution in [0.2, 0.25) is 0 Å². The number of carbonyl (C=O) groups is 2. The number of rotatable bonds is 3. The van der Waals surface area contributed by atoms with E-state index in [0.717, 1.165) is 49.4 Å². The predicted molar refractivity (Wildman–Crippen MR) is 90.5 cm³/mol. The Kier molecular flexibility index (Phi) is 5.11. The van der Waals surface area contributed by atoms with Crippen LogP contribution in [0.4, 0.5) is 0 Å². The third kappa shape index (κ3) is 3.91. The molecule has 6 nitrogen and oxygen atoms in total. The van der Waals surface area contributed by atoms with Crippen molar-refractivity contribution in [2.75, 3.05) is 26.2 Å². The van der Waals surface area contributed by atoms with Gasteiger partial charge in [-0.15, -0.1) is 0 Å². The van der Waals surface area contributed by atoms with Crippen molar-refractivity contribution < 1.29 is 9.59 Å². The molecule has 0 N–H and O–H groups in total. The highest BCUT2D eigenvalue weighted by Gasteiger charge is 2.31. The molecule has 2 aliphatic heterocycles. The molecule has 0 aliphatic carbocycles. The summed E-state index contributed by atoms with van der Waals surface area (Å²) < 4.78 is 0. The van der Waals surface area contributed by atoms with Crippen molar-refractivity contribution in [3.63, 3.8) is 0 Å². The van der Waals surface area contributed by atoms with E-state index in [2.05, 4.69) is 9.97 Å². The first-order valence-electron chi connectivity index (χ1n) is 8.90. The minimum Gasteiger partial charge on any atom is -0.340 e. The molecule has 1 aromatic rings. The van der Waals surface area contributed by atoms with Crippen LogP contribution in [0.1, 0.15) is 55.2 Å². The molecular weight excluding hydrogens is 304 g/mol. The molecule has 1 aromatic heterocycles. The predicted octanol–water partition coefficient (Wildman–Crippen LogP) is 1.81. The van der Waals surface area contributed by atoms with Gasteiger partial charge in [-0.05, 0) is 39.2 Å². The summed E-state index contributed by atoms with van der Waals surface area (Å²) in [7, 11) is 0. The minimum absolute atomic E-state index is 0.0529. The van der Waals surface area contributed by atoms with Crippen molar-refractivity contribution in [3.05, 3.63) is 23.3 Å². The van der Waals surface area contributed by atoms with Gasteiger partial charge in [0.25, 0.3) is 0 Å². The third-order valence-corrected chi connectivity index (χ3v) is 4.90. The van der Waals surface area contributed by atoms with Gasteiger partial charge in [0.1, 0.15) is 5.82 Å². The quantitative estimate of drug-likeness (QED) is 0.848. The van der Waals surface area contributed by atoms with E-state index in [4.69, 9.17) is 0 Å². The number of nitrogens with zero attached hydrogens (tertiary/aromatic N) is 4. The molecule has 0 spiro atoms. The maximum atomic E-state index is 12.6. The first-order chi connectivity index (χ1) is 11.5. The highest BCUT2D eigenvalue weighted by Crippen LogP contribution is 2.25. The average molecular weight is 330 g/mol. The van der Waals surface area contributed by atoms with Crippen molar-refractivity contribution in [1.82, 2.24) is 19.8 Å². The lowest BCUT2D eigenvalue weighted by Gasteiger charge is -2.24. The molecule has 3 rings (SSSR count). The largest absolute Gasteiger partial charge is 0.340 e. The summed E-state index contributed by atoms with van der Waals surface area (Å²) in [5, 5.41) is 0. The van der Waals surface area contributed by atoms with E-state index in [-0.39, 0.29) is 24.3 Å². The zero-order valence-corrected chi connectivity index (χ0v) is 14.6. The maximum absolute atomic E-state index is 12.6. The lowest BCUT2D eigenvalue weighted by atomic mass is 10.1. The summed E-state index contributed by atoms with van der Waals surface area (Å²) in [5.41, 5.74) is 1.94. The molecule has 3 heterocycles. The van der Waals surface area contributed by atoms with Crippen molar-refractivity contribution in [2.45, 2.75) is 51.9 Å². The van der Waals surface area contributed by atoms with E-state index in [0.29, 0.717) is 19.5 Å². The summed E-state index contributed by atoms with van der Waals surface area (Å²) in [6, 6.07) is 1.96. The molecule has 2 fully saturated rings. The van der Waals surface area contributed by atoms with Crippen LogP contribution >= 0.6 is 0 Å². The fraction of sp³-hybridized carbons (Fsp3) is 0.667. The van der Waals surface area contributed by atoms with E-state index < -0.39 is 0 Å². The van der Waals surface area contributed by atoms with Crippen molar-refractivity contribution in [1.29, 1.82) is 0 Å². The number of hydrogen-bond donors (Lipinski definition) is 0. The number of hydrogen-bond acceptors (Lipinski definition) is 4. The van der Waals surface area contributed by atoms with Crippen LogP contribution in [-0.4, -0.2) is 57.8 Å². The summed E-state index contributed by atoms with van der Waals surface area (Å²) in [6.07, 6.45) is 4.48. The lowest BCUT2D eigenvalue weighted by molar-refractivity contribution is -0.139. The molecule has 0 bridgehead atoms. The second kappa shape index (κ2) is 7.28. The number of amides is 2. The lowest BCUT2D eigenvalue weighted by Crippen LogP contribution is -2.41. The Bertz CT molecular complexity index is 611. The van der Waals surface area contributed by atoms with E-state index in [1.54, 1.807) is 4.90 Å². The van der Waals surface area contributed by atoms with Gasteiger partial charge >= 0.3 is 0 Å². The Morgan fingerprint density at radius 2 is 1.92 bits per heavy atom. The molecule has 6 heteroatoms. The number of likely N-dealkylation sites (tertiary alicyclic amines) is 2. The molecule has 2 saturated heterocycles. The molecule has 130 valence electrons. The van der Waals surface area contributed by atoms with Gasteiger partial charge in [-0.3, -0.25) is 9.59 Å². The standard InChI is InChI=1S/C18H26N4O2/c1-13-10-14(2)20-18(19-13)15-7-9-22(11-15)17(24)12-21-8-5-3-4-6-16(21)23/h10,15H,3-9,11-12H2,1-2H3/t15-/m0/s1. The molecule has 0 radical (unpaired) electrons. The molecule has 0 saturated carbocycles. The number of carbonyl (C=O) groups excluding carboxylic acids is 2. The Balaban J connectivity index is 1.60. The van der Waals surface area contributed by atoms with Gasteiger partial charge in [-0.1, -0.05) is 6.42 Å². The van der Waals surface area contributed by atoms with Crippen molar-refractivity contribution >= 4 is 11.8 Å². The first kappa shape index (κ1) is 16.9. The SMILES string of the molecule is Cc1cc(C)nc([C@H]2CCN(C(=O)CN3CCCCCC3=O)C2)n1. The summed E-state index contributed by atoms with van der Waals surface area (Å²) in [5.74, 6) is 1.22. The summed E-state index contributed by atoms with van der Waals surface area (Å²) in [6.45, 7) is 6.26. The number of aromatic nitrogens is 2. The van der Waals surface area contributed by atoms with Gasteiger partial charge < -0.3 is 9.80 Å². The monoisotopic (exact) mass is 330 g/mol. The van der Waals surface area contributed by atoms with Crippen molar-refractivity contribution in [3.8, 4) is 0 Å². The van der Waals surface area contributed by atoms with E-state index in [1.807, 2.05) is 24.8 Å². The second-order valence-electron chi connectivity index (χ2n) is 6.96. The fourth-order valence-electron chi connectivity index (χ4n) is 3.60. The fourth-order valence-corrected chi connectivity index (χ4v) is 3.60. The molecular formula is C18H26N4O2. The molecule has 1 atom stereocenters. The van der Waals surface area contributed by atoms with E-state index in [1.165, 1.54) is 0 Å². The second-order valence-corrected chi connectivity index (χ2v) is 6.96. The van der Waals surface area contributed by atoms with Gasteiger partial charge in [0.2, 0.25) is 11.8 Å². The minimum atomic E-state index is 0.0529. The van der Waals surface area contributed by atoms with Crippen LogP contribution in [0.3, 0.4) is 0 Å². The Labute approximate surface area is 143 Å². The number of aryl methyl sites for hydroxylation is 2. The molecule has 0 aromatic carbocycles. The Morgan fingerprint density at radius 1 is 1.17 bits per heavy atom. The third-order valence-electron chi connectivity index (χ3n) is 4.90. The summed E-state index contributed by atoms with van der Waals surface area (Å²) in [4.78, 5) is 37.3. The van der Waals surface area contributed by atoms with E-state index >= 15 is 0 Å². The Hall–Kier alpha value is -1.98. The van der Waals surface area contributed by atoms with Gasteiger partial charge in [-0.25, -0.2) is 9.97 Å².